The molecule has 2 aromatic rings. The average Bonchev–Trinajstić information content (AvgIpc) is 2.76. The fourth-order valence-electron chi connectivity index (χ4n) is 4.92. The summed E-state index contributed by atoms with van der Waals surface area (Å²) in [7, 11) is 4.60. The van der Waals surface area contributed by atoms with E-state index >= 15 is 0 Å². The molecule has 1 heterocycles. The summed E-state index contributed by atoms with van der Waals surface area (Å²) < 4.78 is 30.5. The minimum Gasteiger partial charge on any atom is -0.496 e. The van der Waals surface area contributed by atoms with Crippen molar-refractivity contribution in [1.29, 1.82) is 0 Å². The third kappa shape index (κ3) is 4.08. The first-order chi connectivity index (χ1) is 15.7. The van der Waals surface area contributed by atoms with Crippen LogP contribution in [0.15, 0.2) is 47.7 Å². The summed E-state index contributed by atoms with van der Waals surface area (Å²) in [6.07, 6.45) is 0.929. The zero-order valence-electron chi connectivity index (χ0n) is 19.5. The Morgan fingerprint density at radius 3 is 2.24 bits per heavy atom. The van der Waals surface area contributed by atoms with Crippen molar-refractivity contribution in [2.24, 2.45) is 5.41 Å². The Bertz CT molecular complexity index is 1150. The van der Waals surface area contributed by atoms with E-state index in [0.29, 0.717) is 52.6 Å². The van der Waals surface area contributed by atoms with Crippen LogP contribution in [0.2, 0.25) is 0 Å². The van der Waals surface area contributed by atoms with Gasteiger partial charge in [-0.25, -0.2) is 4.39 Å². The van der Waals surface area contributed by atoms with Crippen molar-refractivity contribution >= 4 is 17.4 Å². The number of hydrogen-bond acceptors (Lipinski definition) is 5. The highest BCUT2D eigenvalue weighted by molar-refractivity contribution is 6.08. The van der Waals surface area contributed by atoms with Crippen LogP contribution in [-0.4, -0.2) is 33.0 Å². The summed E-state index contributed by atoms with van der Waals surface area (Å²) in [6.45, 7) is 4.01. The van der Waals surface area contributed by atoms with E-state index in [1.807, 2.05) is 13.8 Å². The molecular formula is C26H28FNO5. The number of methoxy groups -OCH3 is 3. The average molecular weight is 454 g/mol. The van der Waals surface area contributed by atoms with Crippen molar-refractivity contribution in [3.8, 4) is 17.2 Å². The molecule has 6 nitrogen and oxygen atoms in total. The van der Waals surface area contributed by atoms with E-state index in [1.165, 1.54) is 38.4 Å². The van der Waals surface area contributed by atoms with Gasteiger partial charge in [0.1, 0.15) is 11.6 Å². The van der Waals surface area contributed by atoms with Crippen molar-refractivity contribution in [1.82, 2.24) is 0 Å². The molecule has 0 aromatic heterocycles. The first-order valence-corrected chi connectivity index (χ1v) is 10.8. The van der Waals surface area contributed by atoms with Crippen molar-refractivity contribution in [2.75, 3.05) is 26.2 Å². The van der Waals surface area contributed by atoms with Crippen LogP contribution < -0.4 is 19.1 Å². The number of rotatable bonds is 5. The van der Waals surface area contributed by atoms with Crippen LogP contribution in [0.25, 0.3) is 0 Å². The minimum absolute atomic E-state index is 0.0167. The molecule has 174 valence electrons. The van der Waals surface area contributed by atoms with E-state index in [2.05, 4.69) is 0 Å². The first-order valence-electron chi connectivity index (χ1n) is 10.8. The summed E-state index contributed by atoms with van der Waals surface area (Å²) in [5.74, 6) is 0.326. The van der Waals surface area contributed by atoms with Gasteiger partial charge in [-0.2, -0.15) is 0 Å². The number of carbonyl (C=O) groups excluding carboxylic acids is 2. The van der Waals surface area contributed by atoms with Crippen LogP contribution in [0.4, 0.5) is 10.1 Å². The summed E-state index contributed by atoms with van der Waals surface area (Å²) >= 11 is 0. The summed E-state index contributed by atoms with van der Waals surface area (Å²) in [5.41, 5.74) is 1.98. The van der Waals surface area contributed by atoms with Gasteiger partial charge in [-0.1, -0.05) is 19.9 Å². The SMILES string of the molecule is COc1cc(OC)c([C@@H]2CC(=O)N(c3cccc(F)c3)C3=C2C(=O)CC(C)(C)C3)cc1OC. The lowest BCUT2D eigenvalue weighted by atomic mass is 9.69. The Morgan fingerprint density at radius 1 is 0.939 bits per heavy atom. The van der Waals surface area contributed by atoms with Gasteiger partial charge >= 0.3 is 0 Å². The molecule has 0 N–H and O–H groups in total. The Kier molecular flexibility index (Phi) is 5.91. The number of ketones is 1. The zero-order valence-corrected chi connectivity index (χ0v) is 19.5. The molecular weight excluding hydrogens is 425 g/mol. The predicted molar refractivity (Wildman–Crippen MR) is 122 cm³/mol. The van der Waals surface area contributed by atoms with Crippen LogP contribution in [0.1, 0.15) is 44.6 Å². The number of hydrogen-bond donors (Lipinski definition) is 0. The van der Waals surface area contributed by atoms with Gasteiger partial charge in [0.05, 0.1) is 27.0 Å². The molecule has 1 amide bonds. The number of benzene rings is 2. The van der Waals surface area contributed by atoms with E-state index in [4.69, 9.17) is 14.2 Å². The van der Waals surface area contributed by atoms with Gasteiger partial charge in [-0.05, 0) is 36.1 Å². The van der Waals surface area contributed by atoms with Crippen molar-refractivity contribution in [3.05, 3.63) is 59.0 Å². The zero-order chi connectivity index (χ0) is 23.9. The molecule has 0 radical (unpaired) electrons. The van der Waals surface area contributed by atoms with Gasteiger partial charge in [0.2, 0.25) is 5.91 Å². The van der Waals surface area contributed by atoms with Gasteiger partial charge in [0.15, 0.2) is 17.3 Å². The van der Waals surface area contributed by atoms with Crippen LogP contribution in [0.5, 0.6) is 17.2 Å². The number of carbonyl (C=O) groups is 2. The van der Waals surface area contributed by atoms with E-state index in [-0.39, 0.29) is 23.5 Å². The smallest absolute Gasteiger partial charge is 0.232 e. The van der Waals surface area contributed by atoms with Gasteiger partial charge in [-0.15, -0.1) is 0 Å². The highest BCUT2D eigenvalue weighted by Gasteiger charge is 2.45. The summed E-state index contributed by atoms with van der Waals surface area (Å²) in [4.78, 5) is 28.5. The Morgan fingerprint density at radius 2 is 1.61 bits per heavy atom. The quantitative estimate of drug-likeness (QED) is 0.636. The van der Waals surface area contributed by atoms with Gasteiger partial charge in [0.25, 0.3) is 0 Å². The molecule has 1 aliphatic heterocycles. The summed E-state index contributed by atoms with van der Waals surface area (Å²) in [5, 5.41) is 0. The second-order valence-electron chi connectivity index (χ2n) is 9.22. The second kappa shape index (κ2) is 8.54. The third-order valence-electron chi connectivity index (χ3n) is 6.32. The van der Waals surface area contributed by atoms with Gasteiger partial charge < -0.3 is 14.2 Å². The molecule has 1 atom stereocenters. The molecule has 0 saturated heterocycles. The molecule has 0 saturated carbocycles. The topological polar surface area (TPSA) is 65.1 Å². The molecule has 2 aromatic carbocycles. The summed E-state index contributed by atoms with van der Waals surface area (Å²) in [6, 6.07) is 9.39. The van der Waals surface area contributed by atoms with E-state index in [0.717, 1.165) is 0 Å². The maximum atomic E-state index is 14.0. The highest BCUT2D eigenvalue weighted by Crippen LogP contribution is 2.51. The molecule has 7 heteroatoms. The molecule has 0 fully saturated rings. The monoisotopic (exact) mass is 453 g/mol. The number of anilines is 1. The van der Waals surface area contributed by atoms with Crippen molar-refractivity contribution in [2.45, 2.75) is 39.0 Å². The molecule has 0 unspecified atom stereocenters. The maximum absolute atomic E-state index is 14.0. The van der Waals surface area contributed by atoms with Crippen molar-refractivity contribution < 1.29 is 28.2 Å². The standard InChI is InChI=1S/C26H28FNO5/c1-26(2)13-19-25(20(29)14-26)18(11-24(30)28(19)16-8-6-7-15(27)9-16)17-10-22(32-4)23(33-5)12-21(17)31-3/h6-10,12,18H,11,13-14H2,1-5H3/t18-/m0/s1. The normalized spacial score (nSPS) is 19.9. The second-order valence-corrected chi connectivity index (χ2v) is 9.22. The van der Waals surface area contributed by atoms with Crippen LogP contribution >= 0.6 is 0 Å². The van der Waals surface area contributed by atoms with Crippen LogP contribution in [0, 0.1) is 11.2 Å². The number of allylic oxidation sites excluding steroid dienone is 2. The lowest BCUT2D eigenvalue weighted by molar-refractivity contribution is -0.121. The number of ether oxygens (including phenoxy) is 3. The molecule has 0 bridgehead atoms. The Balaban J connectivity index is 1.94. The third-order valence-corrected chi connectivity index (χ3v) is 6.32. The van der Waals surface area contributed by atoms with Crippen molar-refractivity contribution in [3.63, 3.8) is 0 Å². The fourth-order valence-corrected chi connectivity index (χ4v) is 4.92. The Labute approximate surface area is 192 Å². The number of halogens is 1. The van der Waals surface area contributed by atoms with E-state index in [1.54, 1.807) is 24.3 Å². The lowest BCUT2D eigenvalue weighted by Gasteiger charge is -2.43. The number of amides is 1. The van der Waals surface area contributed by atoms with Crippen LogP contribution in [0.3, 0.4) is 0 Å². The number of Topliss-reactive ketones (excluding diaryl/α,β-unsaturated/α-hetero) is 1. The Hall–Kier alpha value is -3.35. The number of nitrogens with zero attached hydrogens (tertiary/aromatic N) is 1. The molecule has 0 spiro atoms. The van der Waals surface area contributed by atoms with Gasteiger partial charge in [0, 0.05) is 41.7 Å². The molecule has 2 aliphatic rings. The molecule has 1 aliphatic carbocycles. The van der Waals surface area contributed by atoms with E-state index in [9.17, 15) is 14.0 Å². The highest BCUT2D eigenvalue weighted by atomic mass is 19.1. The van der Waals surface area contributed by atoms with E-state index < -0.39 is 11.7 Å². The fraction of sp³-hybridized carbons (Fsp3) is 0.385. The van der Waals surface area contributed by atoms with Gasteiger partial charge in [-0.3, -0.25) is 14.5 Å². The molecule has 33 heavy (non-hydrogen) atoms. The predicted octanol–water partition coefficient (Wildman–Crippen LogP) is 5.02. The lowest BCUT2D eigenvalue weighted by Crippen LogP contribution is -2.43. The molecule has 4 rings (SSSR count). The van der Waals surface area contributed by atoms with Crippen LogP contribution in [-0.2, 0) is 9.59 Å². The largest absolute Gasteiger partial charge is 0.496 e. The minimum atomic E-state index is -0.504. The first kappa shape index (κ1) is 22.8. The maximum Gasteiger partial charge on any atom is 0.232 e.